The van der Waals surface area contributed by atoms with Gasteiger partial charge in [0.05, 0.1) is 7.11 Å². The molecule has 0 aromatic heterocycles. The van der Waals surface area contributed by atoms with Crippen molar-refractivity contribution in [3.8, 4) is 5.75 Å². The van der Waals surface area contributed by atoms with Crippen molar-refractivity contribution in [1.29, 1.82) is 0 Å². The van der Waals surface area contributed by atoms with Gasteiger partial charge in [0.25, 0.3) is 0 Å². The van der Waals surface area contributed by atoms with E-state index in [0.29, 0.717) is 5.92 Å². The Hall–Kier alpha value is -1.22. The Morgan fingerprint density at radius 2 is 1.79 bits per heavy atom. The summed E-state index contributed by atoms with van der Waals surface area (Å²) >= 11 is 0. The van der Waals surface area contributed by atoms with E-state index in [1.165, 1.54) is 5.69 Å². The van der Waals surface area contributed by atoms with Crippen LogP contribution in [0.1, 0.15) is 27.7 Å². The van der Waals surface area contributed by atoms with Gasteiger partial charge in [-0.15, -0.1) is 0 Å². The van der Waals surface area contributed by atoms with Crippen molar-refractivity contribution >= 4 is 5.69 Å². The summed E-state index contributed by atoms with van der Waals surface area (Å²) in [5.74, 6) is 1.51. The number of hydrogen-bond donors (Lipinski definition) is 1. The van der Waals surface area contributed by atoms with Gasteiger partial charge >= 0.3 is 0 Å². The normalized spacial score (nSPS) is 13.2. The zero-order valence-corrected chi connectivity index (χ0v) is 13.2. The largest absolute Gasteiger partial charge is 0.497 e. The molecule has 1 unspecified atom stereocenters. The first-order valence-electron chi connectivity index (χ1n) is 6.92. The molecule has 0 saturated heterocycles. The standard InChI is InChI=1S/C16H28N2O/c1-13(11-17-16(2,3)4)12-18(5)14-7-9-15(19-6)10-8-14/h7-10,13,17H,11-12H2,1-6H3. The van der Waals surface area contributed by atoms with Crippen molar-refractivity contribution in [2.45, 2.75) is 33.2 Å². The Bertz CT molecular complexity index is 367. The summed E-state index contributed by atoms with van der Waals surface area (Å²) in [6.45, 7) is 10.9. The molecule has 108 valence electrons. The molecule has 0 heterocycles. The highest BCUT2D eigenvalue weighted by molar-refractivity contribution is 5.48. The molecule has 1 N–H and O–H groups in total. The Morgan fingerprint density at radius 1 is 1.21 bits per heavy atom. The van der Waals surface area contributed by atoms with Gasteiger partial charge in [-0.05, 0) is 57.5 Å². The van der Waals surface area contributed by atoms with Crippen molar-refractivity contribution in [2.75, 3.05) is 32.1 Å². The van der Waals surface area contributed by atoms with Gasteiger partial charge in [0.2, 0.25) is 0 Å². The smallest absolute Gasteiger partial charge is 0.119 e. The predicted octanol–water partition coefficient (Wildman–Crippen LogP) is 3.16. The number of rotatable bonds is 6. The number of ether oxygens (including phenoxy) is 1. The lowest BCUT2D eigenvalue weighted by atomic mass is 10.1. The van der Waals surface area contributed by atoms with Gasteiger partial charge in [-0.25, -0.2) is 0 Å². The number of anilines is 1. The van der Waals surface area contributed by atoms with Crippen LogP contribution in [0.5, 0.6) is 5.75 Å². The number of nitrogens with zero attached hydrogens (tertiary/aromatic N) is 1. The summed E-state index contributed by atoms with van der Waals surface area (Å²) in [7, 11) is 3.83. The quantitative estimate of drug-likeness (QED) is 0.854. The highest BCUT2D eigenvalue weighted by Crippen LogP contribution is 2.18. The molecule has 0 fully saturated rings. The first-order valence-corrected chi connectivity index (χ1v) is 6.92. The molecular weight excluding hydrogens is 236 g/mol. The van der Waals surface area contributed by atoms with Crippen molar-refractivity contribution in [3.63, 3.8) is 0 Å². The lowest BCUT2D eigenvalue weighted by molar-refractivity contribution is 0.384. The second kappa shape index (κ2) is 6.80. The Kier molecular flexibility index (Phi) is 5.67. The van der Waals surface area contributed by atoms with E-state index < -0.39 is 0 Å². The maximum Gasteiger partial charge on any atom is 0.119 e. The number of methoxy groups -OCH3 is 1. The van der Waals surface area contributed by atoms with Crippen molar-refractivity contribution in [1.82, 2.24) is 5.32 Å². The maximum atomic E-state index is 5.18. The van der Waals surface area contributed by atoms with E-state index in [2.05, 4.69) is 57.1 Å². The minimum absolute atomic E-state index is 0.187. The Labute approximate surface area is 118 Å². The minimum atomic E-state index is 0.187. The first-order chi connectivity index (χ1) is 8.81. The molecule has 0 spiro atoms. The second-order valence-electron chi connectivity index (χ2n) is 6.31. The highest BCUT2D eigenvalue weighted by Gasteiger charge is 2.12. The van der Waals surface area contributed by atoms with Crippen LogP contribution in [0.15, 0.2) is 24.3 Å². The van der Waals surface area contributed by atoms with Crippen LogP contribution in [0.25, 0.3) is 0 Å². The van der Waals surface area contributed by atoms with Gasteiger partial charge in [0.1, 0.15) is 5.75 Å². The molecule has 19 heavy (non-hydrogen) atoms. The molecule has 0 aliphatic rings. The van der Waals surface area contributed by atoms with Gasteiger partial charge in [-0.2, -0.15) is 0 Å². The van der Waals surface area contributed by atoms with Crippen molar-refractivity contribution < 1.29 is 4.74 Å². The number of benzene rings is 1. The molecule has 3 heteroatoms. The average molecular weight is 264 g/mol. The molecule has 0 aliphatic carbocycles. The zero-order valence-electron chi connectivity index (χ0n) is 13.2. The van der Waals surface area contributed by atoms with Crippen LogP contribution in [0.4, 0.5) is 5.69 Å². The van der Waals surface area contributed by atoms with Crippen LogP contribution in [-0.2, 0) is 0 Å². The monoisotopic (exact) mass is 264 g/mol. The number of hydrogen-bond acceptors (Lipinski definition) is 3. The Morgan fingerprint density at radius 3 is 2.26 bits per heavy atom. The predicted molar refractivity (Wildman–Crippen MR) is 83.2 cm³/mol. The first kappa shape index (κ1) is 15.8. The van der Waals surface area contributed by atoms with Crippen molar-refractivity contribution in [2.24, 2.45) is 5.92 Å². The fourth-order valence-electron chi connectivity index (χ4n) is 1.95. The fraction of sp³-hybridized carbons (Fsp3) is 0.625. The van der Waals surface area contributed by atoms with E-state index in [4.69, 9.17) is 4.74 Å². The van der Waals surface area contributed by atoms with E-state index in [9.17, 15) is 0 Å². The summed E-state index contributed by atoms with van der Waals surface area (Å²) < 4.78 is 5.18. The summed E-state index contributed by atoms with van der Waals surface area (Å²) in [6.07, 6.45) is 0. The topological polar surface area (TPSA) is 24.5 Å². The molecule has 0 aliphatic heterocycles. The minimum Gasteiger partial charge on any atom is -0.497 e. The SMILES string of the molecule is COc1ccc(N(C)CC(C)CNC(C)(C)C)cc1. The second-order valence-corrected chi connectivity index (χ2v) is 6.31. The van der Waals surface area contributed by atoms with E-state index in [0.717, 1.165) is 18.8 Å². The van der Waals surface area contributed by atoms with Crippen LogP contribution in [-0.4, -0.2) is 32.8 Å². The maximum absolute atomic E-state index is 5.18. The van der Waals surface area contributed by atoms with Crippen LogP contribution < -0.4 is 15.0 Å². The van der Waals surface area contributed by atoms with Crippen LogP contribution in [0, 0.1) is 5.92 Å². The average Bonchev–Trinajstić information content (AvgIpc) is 2.35. The molecule has 0 amide bonds. The lowest BCUT2D eigenvalue weighted by Crippen LogP contribution is -2.41. The Balaban J connectivity index is 2.46. The third-order valence-electron chi connectivity index (χ3n) is 3.08. The fourth-order valence-corrected chi connectivity index (χ4v) is 1.95. The van der Waals surface area contributed by atoms with Crippen LogP contribution >= 0.6 is 0 Å². The molecule has 0 saturated carbocycles. The molecule has 0 radical (unpaired) electrons. The lowest BCUT2D eigenvalue weighted by Gasteiger charge is -2.27. The molecular formula is C16H28N2O. The van der Waals surface area contributed by atoms with E-state index in [1.54, 1.807) is 7.11 Å². The van der Waals surface area contributed by atoms with Gasteiger partial charge in [0, 0.05) is 24.8 Å². The zero-order chi connectivity index (χ0) is 14.5. The van der Waals surface area contributed by atoms with E-state index in [1.807, 2.05) is 12.1 Å². The molecule has 3 nitrogen and oxygen atoms in total. The van der Waals surface area contributed by atoms with Gasteiger partial charge in [0.15, 0.2) is 0 Å². The number of nitrogens with one attached hydrogen (secondary N) is 1. The van der Waals surface area contributed by atoms with Crippen LogP contribution in [0.2, 0.25) is 0 Å². The summed E-state index contributed by atoms with van der Waals surface area (Å²) in [6, 6.07) is 8.21. The van der Waals surface area contributed by atoms with Crippen LogP contribution in [0.3, 0.4) is 0 Å². The molecule has 1 rings (SSSR count). The summed E-state index contributed by atoms with van der Waals surface area (Å²) in [4.78, 5) is 2.29. The van der Waals surface area contributed by atoms with Gasteiger partial charge < -0.3 is 15.0 Å². The summed E-state index contributed by atoms with van der Waals surface area (Å²) in [5, 5.41) is 3.55. The third kappa shape index (κ3) is 5.97. The molecule has 0 bridgehead atoms. The van der Waals surface area contributed by atoms with Gasteiger partial charge in [-0.1, -0.05) is 6.92 Å². The molecule has 1 aromatic carbocycles. The van der Waals surface area contributed by atoms with Crippen molar-refractivity contribution in [3.05, 3.63) is 24.3 Å². The highest BCUT2D eigenvalue weighted by atomic mass is 16.5. The van der Waals surface area contributed by atoms with E-state index in [-0.39, 0.29) is 5.54 Å². The summed E-state index contributed by atoms with van der Waals surface area (Å²) in [5.41, 5.74) is 1.41. The van der Waals surface area contributed by atoms with E-state index >= 15 is 0 Å². The molecule has 1 atom stereocenters. The third-order valence-corrected chi connectivity index (χ3v) is 3.08. The van der Waals surface area contributed by atoms with Gasteiger partial charge in [-0.3, -0.25) is 0 Å². The molecule has 1 aromatic rings.